The van der Waals surface area contributed by atoms with Crippen molar-refractivity contribution in [1.82, 2.24) is 4.72 Å². The zero-order valence-corrected chi connectivity index (χ0v) is 22.3. The fraction of sp³-hybridized carbons (Fsp3) is 0.250. The number of esters is 1. The normalized spacial score (nSPS) is 19.2. The van der Waals surface area contributed by atoms with Crippen molar-refractivity contribution in [3.63, 3.8) is 0 Å². The molecule has 182 valence electrons. The quantitative estimate of drug-likeness (QED) is 0.353. The van der Waals surface area contributed by atoms with Gasteiger partial charge >= 0.3 is 5.97 Å². The molecule has 1 aliphatic heterocycles. The van der Waals surface area contributed by atoms with Crippen LogP contribution in [0.3, 0.4) is 0 Å². The minimum atomic E-state index is -3.91. The summed E-state index contributed by atoms with van der Waals surface area (Å²) in [6.07, 6.45) is 2.02. The van der Waals surface area contributed by atoms with Crippen molar-refractivity contribution < 1.29 is 17.9 Å². The van der Waals surface area contributed by atoms with Gasteiger partial charge in [-0.1, -0.05) is 104 Å². The van der Waals surface area contributed by atoms with E-state index in [9.17, 15) is 13.2 Å². The van der Waals surface area contributed by atoms with Crippen molar-refractivity contribution in [3.8, 4) is 0 Å². The molecule has 0 radical (unpaired) electrons. The van der Waals surface area contributed by atoms with Gasteiger partial charge in [-0.3, -0.25) is 0 Å². The molecule has 3 aromatic carbocycles. The van der Waals surface area contributed by atoms with Crippen LogP contribution in [0.4, 0.5) is 0 Å². The van der Waals surface area contributed by atoms with Crippen molar-refractivity contribution in [2.75, 3.05) is 0 Å². The first-order valence-corrected chi connectivity index (χ1v) is 16.2. The van der Waals surface area contributed by atoms with Gasteiger partial charge in [0.1, 0.15) is 8.07 Å². The van der Waals surface area contributed by atoms with Gasteiger partial charge in [-0.05, 0) is 36.2 Å². The van der Waals surface area contributed by atoms with E-state index in [2.05, 4.69) is 29.9 Å². The number of hydrogen-bond donors (Lipinski definition) is 1. The predicted molar refractivity (Wildman–Crippen MR) is 141 cm³/mol. The molecule has 0 fully saturated rings. The summed E-state index contributed by atoms with van der Waals surface area (Å²) >= 11 is 0. The second-order valence-electron chi connectivity index (χ2n) is 9.49. The Morgan fingerprint density at radius 3 is 2.06 bits per heavy atom. The van der Waals surface area contributed by atoms with Gasteiger partial charge in [-0.2, -0.15) is 4.72 Å². The summed E-state index contributed by atoms with van der Waals surface area (Å²) in [7, 11) is -6.34. The molecule has 0 saturated carbocycles. The molecular weight excluding hydrogens is 474 g/mol. The molecule has 0 aliphatic carbocycles. The summed E-state index contributed by atoms with van der Waals surface area (Å²) in [5.74, 6) is -0.436. The third kappa shape index (κ3) is 4.76. The van der Waals surface area contributed by atoms with Gasteiger partial charge < -0.3 is 4.74 Å². The molecular formula is C28H31NO4SSi. The molecule has 5 nitrogen and oxygen atoms in total. The van der Waals surface area contributed by atoms with E-state index in [1.54, 1.807) is 30.3 Å². The van der Waals surface area contributed by atoms with Crippen LogP contribution in [0.2, 0.25) is 13.1 Å². The maximum absolute atomic E-state index is 13.6. The maximum Gasteiger partial charge on any atom is 0.331 e. The van der Waals surface area contributed by atoms with Crippen molar-refractivity contribution in [3.05, 3.63) is 107 Å². The lowest BCUT2D eigenvalue weighted by molar-refractivity contribution is -0.148. The molecule has 0 spiro atoms. The van der Waals surface area contributed by atoms with E-state index in [0.717, 1.165) is 21.5 Å². The first-order valence-electron chi connectivity index (χ1n) is 11.8. The molecule has 35 heavy (non-hydrogen) atoms. The number of benzene rings is 3. The molecule has 0 amide bonds. The summed E-state index contributed by atoms with van der Waals surface area (Å²) in [6, 6.07) is 25.4. The second-order valence-corrected chi connectivity index (χ2v) is 15.6. The third-order valence-electron chi connectivity index (χ3n) is 6.90. The van der Waals surface area contributed by atoms with Crippen LogP contribution < -0.4 is 9.91 Å². The maximum atomic E-state index is 13.6. The number of carbonyl (C=O) groups is 1. The molecule has 7 heteroatoms. The van der Waals surface area contributed by atoms with Crippen LogP contribution in [0, 0.1) is 6.92 Å². The summed E-state index contributed by atoms with van der Waals surface area (Å²) in [5.41, 5.74) is 0.560. The van der Waals surface area contributed by atoms with E-state index in [1.165, 1.54) is 0 Å². The van der Waals surface area contributed by atoms with Crippen molar-refractivity contribution >= 4 is 29.3 Å². The first-order chi connectivity index (χ1) is 16.6. The highest BCUT2D eigenvalue weighted by atomic mass is 32.2. The minimum Gasteiger partial charge on any atom is -0.450 e. The highest BCUT2D eigenvalue weighted by Crippen LogP contribution is 2.46. The number of cyclic esters (lactones) is 1. The summed E-state index contributed by atoms with van der Waals surface area (Å²) in [6.45, 7) is 8.21. The Morgan fingerprint density at radius 2 is 1.49 bits per heavy atom. The Hall–Kier alpha value is -3.00. The van der Waals surface area contributed by atoms with Crippen molar-refractivity contribution in [1.29, 1.82) is 0 Å². The largest absolute Gasteiger partial charge is 0.450 e. The first kappa shape index (κ1) is 25.1. The molecule has 0 unspecified atom stereocenters. The summed E-state index contributed by atoms with van der Waals surface area (Å²) in [5, 5.41) is 2.03. The van der Waals surface area contributed by atoms with E-state index in [4.69, 9.17) is 4.74 Å². The Kier molecular flexibility index (Phi) is 6.86. The summed E-state index contributed by atoms with van der Waals surface area (Å²) < 4.78 is 36.2. The number of aryl methyl sites for hydroxylation is 1. The van der Waals surface area contributed by atoms with Crippen molar-refractivity contribution in [2.45, 2.75) is 49.9 Å². The number of carbonyl (C=O) groups excluding carboxylic acids is 1. The number of rotatable bonds is 8. The van der Waals surface area contributed by atoms with Crippen molar-refractivity contribution in [2.24, 2.45) is 0 Å². The smallest absolute Gasteiger partial charge is 0.331 e. The van der Waals surface area contributed by atoms with Crippen LogP contribution in [0.25, 0.3) is 0 Å². The van der Waals surface area contributed by atoms with Crippen LogP contribution in [0.5, 0.6) is 0 Å². The number of ether oxygens (including phenoxy) is 1. The van der Waals surface area contributed by atoms with Gasteiger partial charge in [0.25, 0.3) is 0 Å². The lowest BCUT2D eigenvalue weighted by Gasteiger charge is -2.43. The molecule has 3 aromatic rings. The fourth-order valence-corrected chi connectivity index (χ4v) is 9.44. The Bertz CT molecular complexity index is 1340. The van der Waals surface area contributed by atoms with Crippen LogP contribution in [0.15, 0.2) is 101 Å². The SMILES string of the molecule is CC[C@@]1([C@H](NS(=O)(=O)c2ccc(C)cc2)c2ccccc2)OC(=O)C=C1[Si](C)(C)c1ccccc1. The summed E-state index contributed by atoms with van der Waals surface area (Å²) in [4.78, 5) is 13.0. The van der Waals surface area contributed by atoms with E-state index < -0.39 is 35.7 Å². The fourth-order valence-electron chi connectivity index (χ4n) is 4.92. The van der Waals surface area contributed by atoms with E-state index in [0.29, 0.717) is 6.42 Å². The van der Waals surface area contributed by atoms with E-state index in [-0.39, 0.29) is 4.90 Å². The lowest BCUT2D eigenvalue weighted by Crippen LogP contribution is -2.56. The van der Waals surface area contributed by atoms with Gasteiger partial charge in [-0.15, -0.1) is 0 Å². The molecule has 1 N–H and O–H groups in total. The van der Waals surface area contributed by atoms with Gasteiger partial charge in [0.05, 0.1) is 10.9 Å². The molecule has 2 atom stereocenters. The highest BCUT2D eigenvalue weighted by Gasteiger charge is 2.55. The Labute approximate surface area is 208 Å². The van der Waals surface area contributed by atoms with Crippen LogP contribution in [-0.4, -0.2) is 28.1 Å². The third-order valence-corrected chi connectivity index (χ3v) is 12.0. The van der Waals surface area contributed by atoms with Crippen LogP contribution >= 0.6 is 0 Å². The second kappa shape index (κ2) is 9.57. The van der Waals surface area contributed by atoms with E-state index in [1.807, 2.05) is 62.4 Å². The van der Waals surface area contributed by atoms with Crippen LogP contribution in [0.1, 0.15) is 30.5 Å². The average Bonchev–Trinajstić information content (AvgIpc) is 3.22. The molecule has 0 saturated heterocycles. The Morgan fingerprint density at radius 1 is 0.914 bits per heavy atom. The zero-order valence-electron chi connectivity index (χ0n) is 20.5. The highest BCUT2D eigenvalue weighted by molar-refractivity contribution is 7.89. The van der Waals surface area contributed by atoms with Gasteiger partial charge in [-0.25, -0.2) is 13.2 Å². The number of hydrogen-bond acceptors (Lipinski definition) is 4. The molecule has 1 aliphatic rings. The van der Waals surface area contributed by atoms with Gasteiger partial charge in [0.2, 0.25) is 10.0 Å². The van der Waals surface area contributed by atoms with Gasteiger partial charge in [0, 0.05) is 6.08 Å². The molecule has 4 rings (SSSR count). The monoisotopic (exact) mass is 505 g/mol. The number of nitrogens with one attached hydrogen (secondary N) is 1. The molecule has 0 aromatic heterocycles. The minimum absolute atomic E-state index is 0.171. The van der Waals surface area contributed by atoms with Gasteiger partial charge in [0.15, 0.2) is 5.60 Å². The topological polar surface area (TPSA) is 72.5 Å². The van der Waals surface area contributed by atoms with Crippen LogP contribution in [-0.2, 0) is 19.6 Å². The number of sulfonamides is 1. The Balaban J connectivity index is 1.87. The van der Waals surface area contributed by atoms with E-state index >= 15 is 0 Å². The average molecular weight is 506 g/mol. The zero-order chi connectivity index (χ0) is 25.3. The molecule has 0 bridgehead atoms. The predicted octanol–water partition coefficient (Wildman–Crippen LogP) is 4.80. The standard InChI is InChI=1S/C28H31NO4SSi/c1-5-28(25(20-26(30)33-28)35(3,4)24-14-10-7-11-15-24)27(22-12-8-6-9-13-22)29-34(31,32)23-18-16-21(2)17-19-23/h6-20,27,29H,5H2,1-4H3/t27-,28-/m1/s1. The molecule has 1 heterocycles. The lowest BCUT2D eigenvalue weighted by atomic mass is 9.86.